The van der Waals surface area contributed by atoms with Gasteiger partial charge in [0, 0.05) is 19.1 Å². The van der Waals surface area contributed by atoms with Crippen molar-refractivity contribution < 1.29 is 18.3 Å². The van der Waals surface area contributed by atoms with Crippen LogP contribution in [0.2, 0.25) is 0 Å². The van der Waals surface area contributed by atoms with Gasteiger partial charge in [0.25, 0.3) is 0 Å². The van der Waals surface area contributed by atoms with Crippen molar-refractivity contribution in [2.45, 2.75) is 25.8 Å². The van der Waals surface area contributed by atoms with E-state index in [0.717, 1.165) is 13.0 Å². The fourth-order valence-electron chi connectivity index (χ4n) is 2.93. The molecule has 0 aliphatic carbocycles. The Morgan fingerprint density at radius 1 is 1.53 bits per heavy atom. The van der Waals surface area contributed by atoms with Gasteiger partial charge in [-0.15, -0.1) is 0 Å². The van der Waals surface area contributed by atoms with Gasteiger partial charge in [-0.2, -0.15) is 0 Å². The molecule has 0 bridgehead atoms. The largest absolute Gasteiger partial charge is 0.395 e. The molecular weight excluding hydrogens is 268 g/mol. The Hall–Kier alpha value is -0.660. The van der Waals surface area contributed by atoms with Gasteiger partial charge in [-0.3, -0.25) is 4.79 Å². The first-order valence-corrected chi connectivity index (χ1v) is 8.53. The van der Waals surface area contributed by atoms with Crippen LogP contribution >= 0.6 is 0 Å². The highest BCUT2D eigenvalue weighted by atomic mass is 32.2. The Bertz CT molecular complexity index is 443. The van der Waals surface area contributed by atoms with E-state index in [-0.39, 0.29) is 36.6 Å². The van der Waals surface area contributed by atoms with Crippen LogP contribution in [0.4, 0.5) is 0 Å². The van der Waals surface area contributed by atoms with Gasteiger partial charge < -0.3 is 15.3 Å². The first kappa shape index (κ1) is 14.7. The molecule has 0 aromatic rings. The summed E-state index contributed by atoms with van der Waals surface area (Å²) in [4.78, 5) is 14.2. The second-order valence-electron chi connectivity index (χ2n) is 5.77. The summed E-state index contributed by atoms with van der Waals surface area (Å²) in [6.45, 7) is 3.41. The van der Waals surface area contributed by atoms with E-state index >= 15 is 0 Å². The molecule has 110 valence electrons. The molecule has 2 fully saturated rings. The van der Waals surface area contributed by atoms with Crippen molar-refractivity contribution in [2.24, 2.45) is 5.41 Å². The number of sulfone groups is 1. The van der Waals surface area contributed by atoms with Crippen LogP contribution in [0, 0.1) is 5.41 Å². The summed E-state index contributed by atoms with van der Waals surface area (Å²) in [5.41, 5.74) is -0.471. The molecule has 19 heavy (non-hydrogen) atoms. The molecular formula is C12H22N2O4S. The van der Waals surface area contributed by atoms with Crippen LogP contribution in [-0.2, 0) is 14.6 Å². The maximum Gasteiger partial charge on any atom is 0.230 e. The minimum Gasteiger partial charge on any atom is -0.395 e. The summed E-state index contributed by atoms with van der Waals surface area (Å²) in [6, 6.07) is -0.276. The quantitative estimate of drug-likeness (QED) is 0.693. The zero-order chi connectivity index (χ0) is 14.1. The lowest BCUT2D eigenvalue weighted by atomic mass is 9.87. The number of nitrogens with zero attached hydrogens (tertiary/aromatic N) is 1. The monoisotopic (exact) mass is 290 g/mol. The Morgan fingerprint density at radius 3 is 2.74 bits per heavy atom. The Morgan fingerprint density at radius 2 is 2.26 bits per heavy atom. The van der Waals surface area contributed by atoms with E-state index in [2.05, 4.69) is 5.32 Å². The van der Waals surface area contributed by atoms with E-state index < -0.39 is 15.3 Å². The van der Waals surface area contributed by atoms with E-state index in [0.29, 0.717) is 13.0 Å². The van der Waals surface area contributed by atoms with E-state index in [1.54, 1.807) is 4.90 Å². The molecule has 2 unspecified atom stereocenters. The van der Waals surface area contributed by atoms with E-state index in [4.69, 9.17) is 5.11 Å². The first-order chi connectivity index (χ1) is 8.88. The highest BCUT2D eigenvalue weighted by Gasteiger charge is 2.43. The Labute approximate surface area is 114 Å². The number of aliphatic hydroxyl groups excluding tert-OH is 1. The third-order valence-corrected chi connectivity index (χ3v) is 5.89. The minimum absolute atomic E-state index is 0.0300. The fraction of sp³-hybridized carbons (Fsp3) is 0.917. The standard InChI is InChI=1S/C12H22N2O4S/c1-12(3-4-13-9-12)11(16)14(5-6-15)10-2-7-19(17,18)8-10/h10,13,15H,2-9H2,1H3. The predicted octanol–water partition coefficient (Wildman–Crippen LogP) is -1.01. The molecule has 2 atom stereocenters. The summed E-state index contributed by atoms with van der Waals surface area (Å²) in [5, 5.41) is 12.3. The van der Waals surface area contributed by atoms with E-state index in [1.165, 1.54) is 0 Å². The molecule has 0 aromatic carbocycles. The summed E-state index contributed by atoms with van der Waals surface area (Å²) in [5.74, 6) is 0.137. The SMILES string of the molecule is CC1(C(=O)N(CCO)C2CCS(=O)(=O)C2)CCNC1. The molecule has 2 aliphatic heterocycles. The number of amides is 1. The number of rotatable bonds is 4. The maximum atomic E-state index is 12.6. The smallest absolute Gasteiger partial charge is 0.230 e. The van der Waals surface area contributed by atoms with Crippen molar-refractivity contribution in [1.29, 1.82) is 0 Å². The fourth-order valence-corrected chi connectivity index (χ4v) is 4.66. The van der Waals surface area contributed by atoms with Crippen molar-refractivity contribution in [2.75, 3.05) is 37.7 Å². The lowest BCUT2D eigenvalue weighted by Crippen LogP contribution is -2.50. The van der Waals surface area contributed by atoms with Gasteiger partial charge >= 0.3 is 0 Å². The van der Waals surface area contributed by atoms with Gasteiger partial charge in [0.05, 0.1) is 23.5 Å². The van der Waals surface area contributed by atoms with Crippen LogP contribution in [-0.4, -0.2) is 68.1 Å². The predicted molar refractivity (Wildman–Crippen MR) is 71.5 cm³/mol. The summed E-state index contributed by atoms with van der Waals surface area (Å²) in [6.07, 6.45) is 1.24. The summed E-state index contributed by atoms with van der Waals surface area (Å²) in [7, 11) is -3.03. The van der Waals surface area contributed by atoms with Gasteiger partial charge in [0.2, 0.25) is 5.91 Å². The summed E-state index contributed by atoms with van der Waals surface area (Å²) < 4.78 is 23.1. The molecule has 0 aromatic heterocycles. The molecule has 2 saturated heterocycles. The normalized spacial score (nSPS) is 33.5. The molecule has 2 heterocycles. The van der Waals surface area contributed by atoms with Crippen LogP contribution in [0.15, 0.2) is 0 Å². The van der Waals surface area contributed by atoms with Gasteiger partial charge in [-0.05, 0) is 26.3 Å². The van der Waals surface area contributed by atoms with Gasteiger partial charge in [-0.1, -0.05) is 0 Å². The maximum absolute atomic E-state index is 12.6. The van der Waals surface area contributed by atoms with Crippen molar-refractivity contribution >= 4 is 15.7 Å². The van der Waals surface area contributed by atoms with Crippen LogP contribution < -0.4 is 5.32 Å². The van der Waals surface area contributed by atoms with Crippen LogP contribution in [0.5, 0.6) is 0 Å². The Balaban J connectivity index is 2.14. The molecule has 7 heteroatoms. The highest BCUT2D eigenvalue weighted by molar-refractivity contribution is 7.91. The number of nitrogens with one attached hydrogen (secondary N) is 1. The molecule has 0 saturated carbocycles. The molecule has 2 aliphatic rings. The van der Waals surface area contributed by atoms with Crippen molar-refractivity contribution in [3.63, 3.8) is 0 Å². The zero-order valence-electron chi connectivity index (χ0n) is 11.3. The highest BCUT2D eigenvalue weighted by Crippen LogP contribution is 2.30. The number of carbonyl (C=O) groups excluding carboxylic acids is 1. The third-order valence-electron chi connectivity index (χ3n) is 4.14. The Kier molecular flexibility index (Phi) is 4.17. The molecule has 2 rings (SSSR count). The van der Waals surface area contributed by atoms with Gasteiger partial charge in [-0.25, -0.2) is 8.42 Å². The van der Waals surface area contributed by atoms with Crippen molar-refractivity contribution in [3.05, 3.63) is 0 Å². The second-order valence-corrected chi connectivity index (χ2v) is 8.00. The lowest BCUT2D eigenvalue weighted by Gasteiger charge is -2.34. The van der Waals surface area contributed by atoms with Crippen LogP contribution in [0.3, 0.4) is 0 Å². The molecule has 6 nitrogen and oxygen atoms in total. The second kappa shape index (κ2) is 5.38. The molecule has 1 amide bonds. The van der Waals surface area contributed by atoms with E-state index in [9.17, 15) is 13.2 Å². The average molecular weight is 290 g/mol. The molecule has 0 spiro atoms. The number of hydrogen-bond acceptors (Lipinski definition) is 5. The van der Waals surface area contributed by atoms with Crippen LogP contribution in [0.25, 0.3) is 0 Å². The van der Waals surface area contributed by atoms with Crippen molar-refractivity contribution in [1.82, 2.24) is 10.2 Å². The minimum atomic E-state index is -3.03. The molecule has 0 radical (unpaired) electrons. The number of aliphatic hydroxyl groups is 1. The lowest BCUT2D eigenvalue weighted by molar-refractivity contribution is -0.142. The van der Waals surface area contributed by atoms with Crippen LogP contribution in [0.1, 0.15) is 19.8 Å². The van der Waals surface area contributed by atoms with Gasteiger partial charge in [0.15, 0.2) is 9.84 Å². The zero-order valence-corrected chi connectivity index (χ0v) is 12.1. The number of hydrogen-bond donors (Lipinski definition) is 2. The third kappa shape index (κ3) is 3.09. The topological polar surface area (TPSA) is 86.7 Å². The number of carbonyl (C=O) groups is 1. The molecule has 2 N–H and O–H groups in total. The van der Waals surface area contributed by atoms with E-state index in [1.807, 2.05) is 6.92 Å². The van der Waals surface area contributed by atoms with Crippen molar-refractivity contribution in [3.8, 4) is 0 Å². The summed E-state index contributed by atoms with van der Waals surface area (Å²) >= 11 is 0. The van der Waals surface area contributed by atoms with Gasteiger partial charge in [0.1, 0.15) is 0 Å². The first-order valence-electron chi connectivity index (χ1n) is 6.71. The average Bonchev–Trinajstić information content (AvgIpc) is 2.92.